The first kappa shape index (κ1) is 18.2. The van der Waals surface area contributed by atoms with Crippen molar-refractivity contribution in [2.45, 2.75) is 18.8 Å². The lowest BCUT2D eigenvalue weighted by Crippen LogP contribution is -2.36. The van der Waals surface area contributed by atoms with Crippen molar-refractivity contribution in [3.8, 4) is 0 Å². The van der Waals surface area contributed by atoms with E-state index in [-0.39, 0.29) is 0 Å². The molecule has 0 radical (unpaired) electrons. The van der Waals surface area contributed by atoms with E-state index < -0.39 is 0 Å². The predicted octanol–water partition coefficient (Wildman–Crippen LogP) is 4.39. The highest BCUT2D eigenvalue weighted by molar-refractivity contribution is 7.22. The first-order valence-corrected chi connectivity index (χ1v) is 11.6. The van der Waals surface area contributed by atoms with Crippen molar-refractivity contribution >= 4 is 43.3 Å². The summed E-state index contributed by atoms with van der Waals surface area (Å²) in [6, 6.07) is 15.2. The first-order chi connectivity index (χ1) is 14.8. The highest BCUT2D eigenvalue weighted by atomic mass is 32.1. The quantitative estimate of drug-likeness (QED) is 0.534. The third kappa shape index (κ3) is 3.22. The van der Waals surface area contributed by atoms with Crippen molar-refractivity contribution in [2.24, 2.45) is 0 Å². The molecule has 0 spiro atoms. The van der Waals surface area contributed by atoms with Gasteiger partial charge in [-0.15, -0.1) is 0 Å². The summed E-state index contributed by atoms with van der Waals surface area (Å²) < 4.78 is 6.75. The smallest absolute Gasteiger partial charge is 0.186 e. The number of hydrogen-bond donors (Lipinski definition) is 1. The molecule has 7 heteroatoms. The third-order valence-electron chi connectivity index (χ3n) is 6.39. The van der Waals surface area contributed by atoms with Crippen LogP contribution in [0.5, 0.6) is 0 Å². The molecule has 6 rings (SSSR count). The molecule has 0 saturated carbocycles. The zero-order valence-electron chi connectivity index (χ0n) is 16.9. The molecule has 2 saturated heterocycles. The molecular formula is C23H25N5OS. The second-order valence-electron chi connectivity index (χ2n) is 8.16. The van der Waals surface area contributed by atoms with Crippen molar-refractivity contribution in [3.63, 3.8) is 0 Å². The molecule has 2 aliphatic heterocycles. The van der Waals surface area contributed by atoms with Crippen molar-refractivity contribution in [1.82, 2.24) is 15.2 Å². The number of rotatable bonds is 3. The number of thiazole rings is 1. The van der Waals surface area contributed by atoms with Crippen LogP contribution < -0.4 is 9.80 Å². The SMILES string of the molecule is c1ccc2c(C3CCN(c4ccc5nc(N6CCOCC6)sc5c4)CC3)n[nH]c2c1. The van der Waals surface area contributed by atoms with Gasteiger partial charge in [0.25, 0.3) is 0 Å². The number of benzene rings is 2. The summed E-state index contributed by atoms with van der Waals surface area (Å²) in [7, 11) is 0. The minimum absolute atomic E-state index is 0.525. The van der Waals surface area contributed by atoms with Gasteiger partial charge in [0.1, 0.15) is 0 Å². The monoisotopic (exact) mass is 419 g/mol. The van der Waals surface area contributed by atoms with Gasteiger partial charge in [0.15, 0.2) is 5.13 Å². The molecule has 4 aromatic rings. The Kier molecular flexibility index (Phi) is 4.57. The number of para-hydroxylation sites is 1. The van der Waals surface area contributed by atoms with Gasteiger partial charge in [0.2, 0.25) is 0 Å². The van der Waals surface area contributed by atoms with Gasteiger partial charge in [0.05, 0.1) is 34.6 Å². The second kappa shape index (κ2) is 7.56. The van der Waals surface area contributed by atoms with Crippen molar-refractivity contribution in [2.75, 3.05) is 49.2 Å². The molecule has 154 valence electrons. The van der Waals surface area contributed by atoms with Gasteiger partial charge in [-0.2, -0.15) is 5.10 Å². The summed E-state index contributed by atoms with van der Waals surface area (Å²) >= 11 is 1.80. The van der Waals surface area contributed by atoms with Crippen LogP contribution in [-0.4, -0.2) is 54.6 Å². The largest absolute Gasteiger partial charge is 0.378 e. The molecule has 2 aromatic carbocycles. The average molecular weight is 420 g/mol. The van der Waals surface area contributed by atoms with Crippen LogP contribution in [0.2, 0.25) is 0 Å². The molecule has 6 nitrogen and oxygen atoms in total. The Morgan fingerprint density at radius 1 is 0.967 bits per heavy atom. The molecular weight excluding hydrogens is 394 g/mol. The Hall–Kier alpha value is -2.64. The number of nitrogens with zero attached hydrogens (tertiary/aromatic N) is 4. The molecule has 0 aliphatic carbocycles. The predicted molar refractivity (Wildman–Crippen MR) is 123 cm³/mol. The van der Waals surface area contributed by atoms with E-state index in [1.165, 1.54) is 21.5 Å². The first-order valence-electron chi connectivity index (χ1n) is 10.8. The molecule has 0 bridgehead atoms. The Morgan fingerprint density at radius 3 is 2.67 bits per heavy atom. The lowest BCUT2D eigenvalue weighted by Gasteiger charge is -2.33. The average Bonchev–Trinajstić information content (AvgIpc) is 3.44. The maximum absolute atomic E-state index is 5.47. The van der Waals surface area contributed by atoms with E-state index in [1.54, 1.807) is 11.3 Å². The van der Waals surface area contributed by atoms with E-state index in [0.29, 0.717) is 5.92 Å². The van der Waals surface area contributed by atoms with E-state index in [2.05, 4.69) is 62.5 Å². The van der Waals surface area contributed by atoms with Crippen molar-refractivity contribution < 1.29 is 4.74 Å². The number of ether oxygens (including phenoxy) is 1. The summed E-state index contributed by atoms with van der Waals surface area (Å²) in [5, 5.41) is 10.2. The number of H-pyrrole nitrogens is 1. The minimum atomic E-state index is 0.525. The van der Waals surface area contributed by atoms with Gasteiger partial charge in [-0.25, -0.2) is 4.98 Å². The molecule has 2 aromatic heterocycles. The number of nitrogens with one attached hydrogen (secondary N) is 1. The van der Waals surface area contributed by atoms with Crippen LogP contribution in [0, 0.1) is 0 Å². The second-order valence-corrected chi connectivity index (χ2v) is 9.17. The topological polar surface area (TPSA) is 57.3 Å². The van der Waals surface area contributed by atoms with E-state index in [0.717, 1.165) is 68.4 Å². The van der Waals surface area contributed by atoms with Gasteiger partial charge >= 0.3 is 0 Å². The normalized spacial score (nSPS) is 18.5. The maximum Gasteiger partial charge on any atom is 0.186 e. The fourth-order valence-electron chi connectivity index (χ4n) is 4.69. The van der Waals surface area contributed by atoms with E-state index in [4.69, 9.17) is 9.72 Å². The number of aromatic nitrogens is 3. The van der Waals surface area contributed by atoms with E-state index >= 15 is 0 Å². The third-order valence-corrected chi connectivity index (χ3v) is 7.47. The molecule has 30 heavy (non-hydrogen) atoms. The summed E-state index contributed by atoms with van der Waals surface area (Å²) in [5.41, 5.74) is 4.79. The summed E-state index contributed by atoms with van der Waals surface area (Å²) in [6.45, 7) is 5.58. The van der Waals surface area contributed by atoms with Crippen LogP contribution in [0.4, 0.5) is 10.8 Å². The molecule has 0 atom stereocenters. The molecule has 4 heterocycles. The number of fused-ring (bicyclic) bond motifs is 2. The molecule has 1 N–H and O–H groups in total. The number of aromatic amines is 1. The van der Waals surface area contributed by atoms with Crippen molar-refractivity contribution in [3.05, 3.63) is 48.2 Å². The Labute approximate surface area is 179 Å². The number of hydrogen-bond acceptors (Lipinski definition) is 6. The number of morpholine rings is 1. The van der Waals surface area contributed by atoms with Gasteiger partial charge in [0, 0.05) is 43.2 Å². The van der Waals surface area contributed by atoms with Gasteiger partial charge in [-0.05, 0) is 37.1 Å². The summed E-state index contributed by atoms with van der Waals surface area (Å²) in [4.78, 5) is 9.71. The number of anilines is 2. The Bertz CT molecular complexity index is 1170. The molecule has 2 fully saturated rings. The standard InChI is InChI=1S/C23H25N5OS/c1-2-4-19-18(3-1)22(26-25-19)16-7-9-27(10-8-16)17-5-6-20-21(15-17)30-23(24-20)28-11-13-29-14-12-28/h1-6,15-16H,7-14H2,(H,25,26). The zero-order valence-corrected chi connectivity index (χ0v) is 17.7. The van der Waals surface area contributed by atoms with Crippen LogP contribution in [0.3, 0.4) is 0 Å². The van der Waals surface area contributed by atoms with Crippen molar-refractivity contribution in [1.29, 1.82) is 0 Å². The zero-order chi connectivity index (χ0) is 19.9. The summed E-state index contributed by atoms with van der Waals surface area (Å²) in [6.07, 6.45) is 2.27. The molecule has 0 amide bonds. The van der Waals surface area contributed by atoms with Crippen LogP contribution >= 0.6 is 11.3 Å². The molecule has 0 unspecified atom stereocenters. The molecule has 2 aliphatic rings. The van der Waals surface area contributed by atoms with Crippen LogP contribution in [0.25, 0.3) is 21.1 Å². The fourth-order valence-corrected chi connectivity index (χ4v) is 5.74. The van der Waals surface area contributed by atoms with Crippen LogP contribution in [0.15, 0.2) is 42.5 Å². The maximum atomic E-state index is 5.47. The van der Waals surface area contributed by atoms with E-state index in [1.807, 2.05) is 0 Å². The van der Waals surface area contributed by atoms with Gasteiger partial charge < -0.3 is 14.5 Å². The van der Waals surface area contributed by atoms with Crippen LogP contribution in [0.1, 0.15) is 24.5 Å². The summed E-state index contributed by atoms with van der Waals surface area (Å²) in [5.74, 6) is 0.525. The lowest BCUT2D eigenvalue weighted by molar-refractivity contribution is 0.122. The Morgan fingerprint density at radius 2 is 1.80 bits per heavy atom. The highest BCUT2D eigenvalue weighted by Crippen LogP contribution is 2.36. The number of piperidine rings is 1. The lowest BCUT2D eigenvalue weighted by atomic mass is 9.91. The Balaban J connectivity index is 1.19. The fraction of sp³-hybridized carbons (Fsp3) is 0.391. The van der Waals surface area contributed by atoms with Crippen LogP contribution in [-0.2, 0) is 4.74 Å². The van der Waals surface area contributed by atoms with Gasteiger partial charge in [-0.1, -0.05) is 29.5 Å². The highest BCUT2D eigenvalue weighted by Gasteiger charge is 2.24. The minimum Gasteiger partial charge on any atom is -0.378 e. The van der Waals surface area contributed by atoms with E-state index in [9.17, 15) is 0 Å². The van der Waals surface area contributed by atoms with Gasteiger partial charge in [-0.3, -0.25) is 5.10 Å².